The van der Waals surface area contributed by atoms with E-state index in [0.717, 1.165) is 48.8 Å². The summed E-state index contributed by atoms with van der Waals surface area (Å²) >= 11 is 7.98. The first kappa shape index (κ1) is 20.4. The van der Waals surface area contributed by atoms with Crippen LogP contribution >= 0.6 is 22.9 Å². The van der Waals surface area contributed by atoms with Gasteiger partial charge < -0.3 is 4.90 Å². The molecule has 0 radical (unpaired) electrons. The van der Waals surface area contributed by atoms with E-state index in [1.54, 1.807) is 11.3 Å². The lowest BCUT2D eigenvalue weighted by molar-refractivity contribution is 0.249. The highest BCUT2D eigenvalue weighted by atomic mass is 35.5. The van der Waals surface area contributed by atoms with E-state index in [0.29, 0.717) is 5.28 Å². The number of thiophene rings is 1. The Morgan fingerprint density at radius 1 is 0.935 bits per heavy atom. The van der Waals surface area contributed by atoms with Crippen molar-refractivity contribution < 1.29 is 0 Å². The Balaban J connectivity index is 1.45. The van der Waals surface area contributed by atoms with Crippen LogP contribution < -0.4 is 4.90 Å². The zero-order valence-electron chi connectivity index (χ0n) is 17.8. The van der Waals surface area contributed by atoms with Gasteiger partial charge in [-0.05, 0) is 42.1 Å². The summed E-state index contributed by atoms with van der Waals surface area (Å²) in [5.74, 6) is 0.964. The van der Waals surface area contributed by atoms with Crippen LogP contribution in [-0.4, -0.2) is 41.0 Å². The second kappa shape index (κ2) is 8.58. The monoisotopic (exact) mass is 448 g/mol. The molecule has 1 saturated heterocycles. The first-order chi connectivity index (χ1) is 15.1. The Hall–Kier alpha value is -2.47. The van der Waals surface area contributed by atoms with Crippen molar-refractivity contribution in [2.24, 2.45) is 0 Å². The molecule has 1 aliphatic heterocycles. The summed E-state index contributed by atoms with van der Waals surface area (Å²) in [6, 6.07) is 17.3. The molecule has 5 rings (SSSR count). The highest BCUT2D eigenvalue weighted by Crippen LogP contribution is 2.40. The van der Waals surface area contributed by atoms with Crippen LogP contribution in [0.15, 0.2) is 53.9 Å². The highest BCUT2D eigenvalue weighted by Gasteiger charge is 2.24. The van der Waals surface area contributed by atoms with Crippen molar-refractivity contribution in [2.45, 2.75) is 20.4 Å². The fraction of sp³-hybridized carbons (Fsp3) is 0.280. The Morgan fingerprint density at radius 2 is 1.71 bits per heavy atom. The minimum Gasteiger partial charge on any atom is -0.353 e. The minimum absolute atomic E-state index is 0.322. The van der Waals surface area contributed by atoms with Crippen molar-refractivity contribution in [3.8, 4) is 11.1 Å². The largest absolute Gasteiger partial charge is 0.353 e. The Morgan fingerprint density at radius 3 is 2.45 bits per heavy atom. The zero-order chi connectivity index (χ0) is 21.4. The molecule has 1 fully saturated rings. The van der Waals surface area contributed by atoms with Gasteiger partial charge in [-0.15, -0.1) is 11.3 Å². The van der Waals surface area contributed by atoms with Crippen molar-refractivity contribution in [1.29, 1.82) is 0 Å². The van der Waals surface area contributed by atoms with E-state index in [4.69, 9.17) is 16.6 Å². The minimum atomic E-state index is 0.322. The Kier molecular flexibility index (Phi) is 5.65. The summed E-state index contributed by atoms with van der Waals surface area (Å²) in [5.41, 5.74) is 6.35. The standard InChI is InChI=1S/C25H25ClN4S/c1-17-8-9-20(18(2)14-17)21-16-31-24-22(21)23(27-25(26)28-24)30-12-10-29(11-13-30)15-19-6-4-3-5-7-19/h3-9,14,16H,10-13,15H2,1-2H3. The molecule has 1 aliphatic rings. The molecule has 4 aromatic rings. The molecule has 0 amide bonds. The van der Waals surface area contributed by atoms with Gasteiger partial charge in [0, 0.05) is 43.7 Å². The summed E-state index contributed by atoms with van der Waals surface area (Å²) in [6.45, 7) is 9.15. The van der Waals surface area contributed by atoms with Crippen LogP contribution in [0.5, 0.6) is 0 Å². The number of aromatic nitrogens is 2. The number of halogens is 1. The second-order valence-electron chi connectivity index (χ2n) is 8.21. The lowest BCUT2D eigenvalue weighted by Crippen LogP contribution is -2.46. The number of hydrogen-bond donors (Lipinski definition) is 0. The average molecular weight is 449 g/mol. The van der Waals surface area contributed by atoms with Gasteiger partial charge in [-0.25, -0.2) is 4.98 Å². The number of rotatable bonds is 4. The number of hydrogen-bond acceptors (Lipinski definition) is 5. The average Bonchev–Trinajstić information content (AvgIpc) is 3.18. The van der Waals surface area contributed by atoms with E-state index in [1.807, 2.05) is 0 Å². The molecular weight excluding hydrogens is 424 g/mol. The van der Waals surface area contributed by atoms with Crippen molar-refractivity contribution in [1.82, 2.24) is 14.9 Å². The smallest absolute Gasteiger partial charge is 0.225 e. The van der Waals surface area contributed by atoms with Crippen LogP contribution in [0.1, 0.15) is 16.7 Å². The van der Waals surface area contributed by atoms with Gasteiger partial charge in [0.05, 0.1) is 5.39 Å². The van der Waals surface area contributed by atoms with Crippen molar-refractivity contribution >= 4 is 39.0 Å². The van der Waals surface area contributed by atoms with E-state index in [1.165, 1.54) is 27.8 Å². The SMILES string of the molecule is Cc1ccc(-c2csc3nc(Cl)nc(N4CCN(Cc5ccccc5)CC4)c23)c(C)c1. The van der Waals surface area contributed by atoms with Crippen LogP contribution in [0.2, 0.25) is 5.28 Å². The van der Waals surface area contributed by atoms with Gasteiger partial charge >= 0.3 is 0 Å². The maximum absolute atomic E-state index is 6.33. The third-order valence-corrected chi connectivity index (χ3v) is 7.02. The van der Waals surface area contributed by atoms with Crippen LogP contribution in [0, 0.1) is 13.8 Å². The maximum Gasteiger partial charge on any atom is 0.225 e. The molecule has 2 aromatic carbocycles. The van der Waals surface area contributed by atoms with E-state index in [2.05, 4.69) is 82.5 Å². The summed E-state index contributed by atoms with van der Waals surface area (Å²) in [7, 11) is 0. The van der Waals surface area contributed by atoms with Crippen LogP contribution in [0.3, 0.4) is 0 Å². The lowest BCUT2D eigenvalue weighted by Gasteiger charge is -2.35. The first-order valence-corrected chi connectivity index (χ1v) is 11.9. The van der Waals surface area contributed by atoms with E-state index >= 15 is 0 Å². The van der Waals surface area contributed by atoms with Crippen LogP contribution in [0.25, 0.3) is 21.3 Å². The van der Waals surface area contributed by atoms with E-state index in [9.17, 15) is 0 Å². The predicted molar refractivity (Wildman–Crippen MR) is 131 cm³/mol. The summed E-state index contributed by atoms with van der Waals surface area (Å²) in [5, 5.41) is 3.64. The van der Waals surface area contributed by atoms with Gasteiger partial charge in [0.15, 0.2) is 0 Å². The molecule has 3 heterocycles. The summed E-state index contributed by atoms with van der Waals surface area (Å²) < 4.78 is 0. The topological polar surface area (TPSA) is 32.3 Å². The van der Waals surface area contributed by atoms with E-state index < -0.39 is 0 Å². The number of fused-ring (bicyclic) bond motifs is 1. The second-order valence-corrected chi connectivity index (χ2v) is 9.41. The molecule has 4 nitrogen and oxygen atoms in total. The number of nitrogens with zero attached hydrogens (tertiary/aromatic N) is 4. The number of aryl methyl sites for hydroxylation is 2. The van der Waals surface area contributed by atoms with Crippen molar-refractivity contribution in [2.75, 3.05) is 31.1 Å². The summed E-state index contributed by atoms with van der Waals surface area (Å²) in [4.78, 5) is 15.1. The third-order valence-electron chi connectivity index (χ3n) is 5.98. The molecule has 158 valence electrons. The Labute approximate surface area is 192 Å². The van der Waals surface area contributed by atoms with Gasteiger partial charge in [0.25, 0.3) is 0 Å². The lowest BCUT2D eigenvalue weighted by atomic mass is 9.99. The molecule has 0 unspecified atom stereocenters. The fourth-order valence-electron chi connectivity index (χ4n) is 4.40. The predicted octanol–water partition coefficient (Wildman–Crippen LogP) is 5.95. The van der Waals surface area contributed by atoms with Crippen molar-refractivity contribution in [3.63, 3.8) is 0 Å². The quantitative estimate of drug-likeness (QED) is 0.361. The number of piperazine rings is 1. The normalized spacial score (nSPS) is 15.0. The highest BCUT2D eigenvalue weighted by molar-refractivity contribution is 7.17. The molecule has 0 N–H and O–H groups in total. The molecule has 0 saturated carbocycles. The third kappa shape index (κ3) is 4.18. The molecular formula is C25H25ClN4S. The number of anilines is 1. The van der Waals surface area contributed by atoms with Crippen LogP contribution in [0.4, 0.5) is 5.82 Å². The first-order valence-electron chi connectivity index (χ1n) is 10.6. The number of benzene rings is 2. The van der Waals surface area contributed by atoms with Gasteiger partial charge in [-0.2, -0.15) is 4.98 Å². The Bertz CT molecular complexity index is 1210. The molecule has 0 atom stereocenters. The van der Waals surface area contributed by atoms with Gasteiger partial charge in [-0.1, -0.05) is 54.1 Å². The van der Waals surface area contributed by atoms with E-state index in [-0.39, 0.29) is 0 Å². The molecule has 0 aliphatic carbocycles. The van der Waals surface area contributed by atoms with Gasteiger partial charge in [0.1, 0.15) is 10.6 Å². The molecule has 31 heavy (non-hydrogen) atoms. The van der Waals surface area contributed by atoms with Gasteiger partial charge in [0.2, 0.25) is 5.28 Å². The van der Waals surface area contributed by atoms with Crippen molar-refractivity contribution in [3.05, 3.63) is 75.9 Å². The molecule has 6 heteroatoms. The fourth-order valence-corrected chi connectivity index (χ4v) is 5.55. The zero-order valence-corrected chi connectivity index (χ0v) is 19.4. The molecule has 0 spiro atoms. The molecule has 0 bridgehead atoms. The van der Waals surface area contributed by atoms with Gasteiger partial charge in [-0.3, -0.25) is 4.90 Å². The maximum atomic E-state index is 6.33. The molecule has 2 aromatic heterocycles. The van der Waals surface area contributed by atoms with Crippen LogP contribution in [-0.2, 0) is 6.54 Å². The summed E-state index contributed by atoms with van der Waals surface area (Å²) in [6.07, 6.45) is 0.